The van der Waals surface area contributed by atoms with Crippen LogP contribution in [0.15, 0.2) is 85.1 Å². The number of carbonyl (C=O) groups excluding carboxylic acids is 1. The maximum absolute atomic E-state index is 12.5. The molecular weight excluding hydrogens is 975 g/mol. The average molecular weight is 1110 g/mol. The second-order valence-electron chi connectivity index (χ2n) is 24.3. The molecule has 0 aliphatic carbocycles. The molecule has 4 nitrogen and oxygen atoms in total. The van der Waals surface area contributed by atoms with Gasteiger partial charge in [0.15, 0.2) is 0 Å². The molecule has 3 N–H and O–H groups in total. The molecule has 0 aromatic heterocycles. The molecule has 0 aromatic rings. The lowest BCUT2D eigenvalue weighted by atomic mass is 10.0. The minimum Gasteiger partial charge on any atom is -0.394 e. The van der Waals surface area contributed by atoms with E-state index in [2.05, 4.69) is 92.1 Å². The molecule has 2 unspecified atom stereocenters. The minimum absolute atomic E-state index is 0.0722. The van der Waals surface area contributed by atoms with E-state index in [4.69, 9.17) is 0 Å². The maximum atomic E-state index is 12.5. The summed E-state index contributed by atoms with van der Waals surface area (Å²) in [7, 11) is 0. The Morgan fingerprint density at radius 3 is 0.875 bits per heavy atom. The van der Waals surface area contributed by atoms with Gasteiger partial charge in [-0.15, -0.1) is 0 Å². The van der Waals surface area contributed by atoms with Crippen molar-refractivity contribution in [3.63, 3.8) is 0 Å². The fourth-order valence-corrected chi connectivity index (χ4v) is 11.0. The zero-order valence-electron chi connectivity index (χ0n) is 53.8. The van der Waals surface area contributed by atoms with Gasteiger partial charge in [0.25, 0.3) is 0 Å². The van der Waals surface area contributed by atoms with Gasteiger partial charge in [0.05, 0.1) is 18.8 Å². The lowest BCUT2D eigenvalue weighted by Crippen LogP contribution is -2.45. The standard InChI is InChI=1S/C76H139NO3/c1-3-5-7-9-11-13-15-17-19-21-23-25-27-29-31-33-34-35-36-37-38-39-40-41-42-44-46-48-50-52-54-56-58-60-62-64-66-68-70-72-76(80)77-74(73-78)75(79)71-69-67-65-63-61-59-57-55-53-51-49-47-45-43-32-30-28-26-24-22-20-18-16-14-12-10-8-6-4-2/h5,7,11,13,17,19,23,25,53,55,61,63,69,71,74-75,78-79H,3-4,6,8-10,12,14-16,18,20-22,24,26-52,54,56-60,62,64-68,70,72-73H2,1-2H3,(H,77,80)/b7-5-,13-11-,19-17-,25-23-,55-53+,63-61+,71-69+. The minimum atomic E-state index is -0.874. The van der Waals surface area contributed by atoms with Crippen LogP contribution in [0.2, 0.25) is 0 Å². The van der Waals surface area contributed by atoms with Crippen molar-refractivity contribution in [1.82, 2.24) is 5.32 Å². The van der Waals surface area contributed by atoms with Crippen LogP contribution in [-0.2, 0) is 4.79 Å². The predicted molar refractivity (Wildman–Crippen MR) is 359 cm³/mol. The molecule has 2 atom stereocenters. The molecule has 1 amide bonds. The van der Waals surface area contributed by atoms with E-state index in [9.17, 15) is 15.0 Å². The van der Waals surface area contributed by atoms with E-state index in [0.717, 1.165) is 64.2 Å². The first-order valence-electron chi connectivity index (χ1n) is 35.8. The van der Waals surface area contributed by atoms with Gasteiger partial charge < -0.3 is 15.5 Å². The molecule has 0 heterocycles. The van der Waals surface area contributed by atoms with Crippen LogP contribution < -0.4 is 5.32 Å². The number of allylic oxidation sites excluding steroid dienone is 13. The molecule has 0 aliphatic rings. The second kappa shape index (κ2) is 70.8. The van der Waals surface area contributed by atoms with Gasteiger partial charge in [0.2, 0.25) is 5.91 Å². The van der Waals surface area contributed by atoms with Crippen LogP contribution in [-0.4, -0.2) is 34.9 Å². The molecule has 0 spiro atoms. The number of hydrogen-bond acceptors (Lipinski definition) is 3. The van der Waals surface area contributed by atoms with Gasteiger partial charge in [-0.2, -0.15) is 0 Å². The lowest BCUT2D eigenvalue weighted by Gasteiger charge is -2.19. The molecule has 80 heavy (non-hydrogen) atoms. The lowest BCUT2D eigenvalue weighted by molar-refractivity contribution is -0.123. The highest BCUT2D eigenvalue weighted by Gasteiger charge is 2.18. The molecule has 0 radical (unpaired) electrons. The Balaban J connectivity index is 3.46. The van der Waals surface area contributed by atoms with Crippen molar-refractivity contribution in [2.75, 3.05) is 6.61 Å². The van der Waals surface area contributed by atoms with Crippen LogP contribution in [0, 0.1) is 0 Å². The van der Waals surface area contributed by atoms with Crippen LogP contribution in [0.4, 0.5) is 0 Å². The van der Waals surface area contributed by atoms with Crippen molar-refractivity contribution in [3.05, 3.63) is 85.1 Å². The SMILES string of the molecule is CC/C=C\C/C=C\C/C=C\C/C=C\CCCCCCCCCCCCCCCCCCCCCCCCCCCCC(=O)NC(CO)C(O)/C=C/CC/C=C/CC/C=C/CCCCCCCCCCCCCCCCCCCCC. The number of hydrogen-bond donors (Lipinski definition) is 3. The molecule has 0 saturated heterocycles. The fourth-order valence-electron chi connectivity index (χ4n) is 11.0. The summed E-state index contributed by atoms with van der Waals surface area (Å²) in [4.78, 5) is 12.5. The summed E-state index contributed by atoms with van der Waals surface area (Å²) in [6, 6.07) is -0.649. The zero-order chi connectivity index (χ0) is 57.6. The number of aliphatic hydroxyl groups is 2. The van der Waals surface area contributed by atoms with Gasteiger partial charge in [-0.1, -0.05) is 369 Å². The highest BCUT2D eigenvalue weighted by molar-refractivity contribution is 5.76. The normalized spacial score (nSPS) is 13.2. The van der Waals surface area contributed by atoms with E-state index in [0.29, 0.717) is 6.42 Å². The van der Waals surface area contributed by atoms with E-state index in [-0.39, 0.29) is 12.5 Å². The van der Waals surface area contributed by atoms with Crippen molar-refractivity contribution in [2.45, 2.75) is 386 Å². The maximum Gasteiger partial charge on any atom is 0.220 e. The number of carbonyl (C=O) groups is 1. The smallest absolute Gasteiger partial charge is 0.220 e. The second-order valence-corrected chi connectivity index (χ2v) is 24.3. The van der Waals surface area contributed by atoms with Gasteiger partial charge in [-0.05, 0) is 83.5 Å². The van der Waals surface area contributed by atoms with Crippen molar-refractivity contribution in [3.8, 4) is 0 Å². The first-order valence-corrected chi connectivity index (χ1v) is 35.8. The van der Waals surface area contributed by atoms with Crippen molar-refractivity contribution < 1.29 is 15.0 Å². The molecular formula is C76H139NO3. The molecule has 0 bridgehead atoms. The van der Waals surface area contributed by atoms with Gasteiger partial charge in [0.1, 0.15) is 0 Å². The Hall–Kier alpha value is -2.43. The fraction of sp³-hybridized carbons (Fsp3) is 0.803. The Labute approximate surface area is 501 Å². The zero-order valence-corrected chi connectivity index (χ0v) is 53.8. The summed E-state index contributed by atoms with van der Waals surface area (Å²) in [5.41, 5.74) is 0. The number of aliphatic hydroxyl groups excluding tert-OH is 2. The van der Waals surface area contributed by atoms with E-state index in [1.54, 1.807) is 6.08 Å². The highest BCUT2D eigenvalue weighted by atomic mass is 16.3. The van der Waals surface area contributed by atoms with Gasteiger partial charge in [0, 0.05) is 6.42 Å². The van der Waals surface area contributed by atoms with Gasteiger partial charge in [-0.3, -0.25) is 4.79 Å². The van der Waals surface area contributed by atoms with Crippen molar-refractivity contribution >= 4 is 5.91 Å². The Bertz CT molecular complexity index is 1400. The van der Waals surface area contributed by atoms with Crippen molar-refractivity contribution in [1.29, 1.82) is 0 Å². The van der Waals surface area contributed by atoms with E-state index in [1.807, 2.05) is 6.08 Å². The van der Waals surface area contributed by atoms with Gasteiger partial charge in [-0.25, -0.2) is 0 Å². The molecule has 0 aromatic carbocycles. The van der Waals surface area contributed by atoms with E-state index < -0.39 is 12.1 Å². The summed E-state index contributed by atoms with van der Waals surface area (Å²) in [5, 5.41) is 23.3. The van der Waals surface area contributed by atoms with E-state index >= 15 is 0 Å². The number of unbranched alkanes of at least 4 members (excludes halogenated alkanes) is 47. The topological polar surface area (TPSA) is 69.6 Å². The van der Waals surface area contributed by atoms with E-state index in [1.165, 1.54) is 289 Å². The Kier molecular flexibility index (Phi) is 68.7. The van der Waals surface area contributed by atoms with Crippen molar-refractivity contribution in [2.24, 2.45) is 0 Å². The third-order valence-corrected chi connectivity index (χ3v) is 16.3. The number of rotatable bonds is 66. The molecule has 0 fully saturated rings. The quantitative estimate of drug-likeness (QED) is 0.0420. The highest BCUT2D eigenvalue weighted by Crippen LogP contribution is 2.19. The van der Waals surface area contributed by atoms with Crippen LogP contribution in [0.5, 0.6) is 0 Å². The molecule has 0 rings (SSSR count). The Morgan fingerprint density at radius 2 is 0.562 bits per heavy atom. The Morgan fingerprint density at radius 1 is 0.312 bits per heavy atom. The summed E-state index contributed by atoms with van der Waals surface area (Å²) >= 11 is 0. The number of amides is 1. The summed E-state index contributed by atoms with van der Waals surface area (Å²) < 4.78 is 0. The molecule has 0 saturated carbocycles. The third-order valence-electron chi connectivity index (χ3n) is 16.3. The summed E-state index contributed by atoms with van der Waals surface area (Å²) in [6.45, 7) is 4.22. The van der Waals surface area contributed by atoms with Crippen LogP contribution in [0.3, 0.4) is 0 Å². The first kappa shape index (κ1) is 77.6. The van der Waals surface area contributed by atoms with Crippen LogP contribution in [0.25, 0.3) is 0 Å². The number of nitrogens with one attached hydrogen (secondary N) is 1. The average Bonchev–Trinajstić information content (AvgIpc) is 3.46. The predicted octanol–water partition coefficient (Wildman–Crippen LogP) is 24.6. The van der Waals surface area contributed by atoms with Crippen LogP contribution in [0.1, 0.15) is 373 Å². The van der Waals surface area contributed by atoms with Crippen LogP contribution >= 0.6 is 0 Å². The largest absolute Gasteiger partial charge is 0.394 e. The monoisotopic (exact) mass is 1110 g/mol. The summed E-state index contributed by atoms with van der Waals surface area (Å²) in [5.74, 6) is -0.0722. The molecule has 466 valence electrons. The molecule has 0 aliphatic heterocycles. The molecule has 4 heteroatoms. The van der Waals surface area contributed by atoms with Gasteiger partial charge >= 0.3 is 0 Å². The third kappa shape index (κ3) is 66.4. The summed E-state index contributed by atoms with van der Waals surface area (Å²) in [6.07, 6.45) is 104. The first-order chi connectivity index (χ1) is 39.7.